The lowest BCUT2D eigenvalue weighted by Gasteiger charge is -2.08. The summed E-state index contributed by atoms with van der Waals surface area (Å²) in [5, 5.41) is 2.25. The van der Waals surface area contributed by atoms with Gasteiger partial charge in [-0.05, 0) is 19.1 Å². The highest BCUT2D eigenvalue weighted by Crippen LogP contribution is 2.22. The summed E-state index contributed by atoms with van der Waals surface area (Å²) in [5.41, 5.74) is 0.0559. The Hall–Kier alpha value is -2.05. The Kier molecular flexibility index (Phi) is 4.70. The quantitative estimate of drug-likeness (QED) is 0.828. The molecule has 4 nitrogen and oxygen atoms in total. The average Bonchev–Trinajstić information content (AvgIpc) is 2.20. The molecule has 0 aliphatic carbocycles. The molecule has 1 aromatic rings. The van der Waals surface area contributed by atoms with E-state index in [1.807, 2.05) is 0 Å². The molecule has 98 valence electrons. The molecule has 0 atom stereocenters. The van der Waals surface area contributed by atoms with Crippen molar-refractivity contribution in [1.82, 2.24) is 0 Å². The van der Waals surface area contributed by atoms with Crippen molar-refractivity contribution in [2.24, 2.45) is 0 Å². The number of ether oxygens (including phenoxy) is 1. The Morgan fingerprint density at radius 2 is 2.06 bits per heavy atom. The number of ketones is 1. The number of hydrogen-bond acceptors (Lipinski definition) is 3. The third-order valence-corrected chi connectivity index (χ3v) is 1.84. The van der Waals surface area contributed by atoms with Gasteiger partial charge in [-0.3, -0.25) is 9.59 Å². The second-order valence-electron chi connectivity index (χ2n) is 3.45. The molecule has 7 heteroatoms. The maximum atomic E-state index is 13.2. The molecule has 0 aliphatic rings. The van der Waals surface area contributed by atoms with Gasteiger partial charge in [0.2, 0.25) is 5.91 Å². The van der Waals surface area contributed by atoms with Crippen LogP contribution in [-0.2, 0) is 9.59 Å². The third-order valence-electron chi connectivity index (χ3n) is 1.84. The number of anilines is 1. The maximum Gasteiger partial charge on any atom is 0.387 e. The van der Waals surface area contributed by atoms with Gasteiger partial charge in [-0.25, -0.2) is 4.39 Å². The predicted molar refractivity (Wildman–Crippen MR) is 57.0 cm³/mol. The van der Waals surface area contributed by atoms with Crippen molar-refractivity contribution < 1.29 is 27.5 Å². The van der Waals surface area contributed by atoms with Gasteiger partial charge in [0.05, 0.1) is 6.42 Å². The largest absolute Gasteiger partial charge is 0.432 e. The number of benzene rings is 1. The minimum absolute atomic E-state index is 0.0559. The Morgan fingerprint density at radius 3 is 2.56 bits per heavy atom. The molecule has 1 amide bonds. The molecule has 18 heavy (non-hydrogen) atoms. The fraction of sp³-hybridized carbons (Fsp3) is 0.273. The monoisotopic (exact) mass is 261 g/mol. The zero-order valence-corrected chi connectivity index (χ0v) is 9.38. The van der Waals surface area contributed by atoms with Crippen molar-refractivity contribution in [3.8, 4) is 5.75 Å². The molecule has 0 radical (unpaired) electrons. The second kappa shape index (κ2) is 6.04. The summed E-state index contributed by atoms with van der Waals surface area (Å²) in [7, 11) is 0. The Bertz CT molecular complexity index is 463. The number of carbonyl (C=O) groups is 2. The number of rotatable bonds is 5. The van der Waals surface area contributed by atoms with E-state index in [9.17, 15) is 22.8 Å². The predicted octanol–water partition coefficient (Wildman–Crippen LogP) is 2.34. The number of Topliss-reactive ketones (excluding diaryl/α,β-unsaturated/α-hetero) is 1. The van der Waals surface area contributed by atoms with Crippen LogP contribution >= 0.6 is 0 Å². The summed E-state index contributed by atoms with van der Waals surface area (Å²) in [6.07, 6.45) is -0.336. The van der Waals surface area contributed by atoms with E-state index in [0.717, 1.165) is 12.1 Å². The first-order chi connectivity index (χ1) is 8.38. The molecule has 0 aromatic heterocycles. The first kappa shape index (κ1) is 14.0. The highest BCUT2D eigenvalue weighted by atomic mass is 19.3. The third kappa shape index (κ3) is 4.44. The van der Waals surface area contributed by atoms with Crippen molar-refractivity contribution in [2.45, 2.75) is 20.0 Å². The first-order valence-corrected chi connectivity index (χ1v) is 4.92. The van der Waals surface area contributed by atoms with Gasteiger partial charge in [0.15, 0.2) is 11.6 Å². The van der Waals surface area contributed by atoms with Gasteiger partial charge in [0.25, 0.3) is 0 Å². The minimum atomic E-state index is -3.13. The minimum Gasteiger partial charge on any atom is -0.432 e. The molecule has 0 fully saturated rings. The standard InChI is InChI=1S/C11H10F3NO3/c1-6(16)4-10(17)15-7-2-3-9(8(12)5-7)18-11(13)14/h2-3,5,11H,4H2,1H3,(H,15,17). The van der Waals surface area contributed by atoms with E-state index in [2.05, 4.69) is 10.1 Å². The van der Waals surface area contributed by atoms with Crippen molar-refractivity contribution in [2.75, 3.05) is 5.32 Å². The van der Waals surface area contributed by atoms with E-state index in [-0.39, 0.29) is 17.9 Å². The summed E-state index contributed by atoms with van der Waals surface area (Å²) < 4.78 is 40.9. The van der Waals surface area contributed by atoms with Gasteiger partial charge in [0.1, 0.15) is 5.78 Å². The lowest BCUT2D eigenvalue weighted by molar-refractivity contribution is -0.124. The molecule has 0 unspecified atom stereocenters. The highest BCUT2D eigenvalue weighted by Gasteiger charge is 2.11. The van der Waals surface area contributed by atoms with Crippen molar-refractivity contribution in [1.29, 1.82) is 0 Å². The topological polar surface area (TPSA) is 55.4 Å². The van der Waals surface area contributed by atoms with E-state index in [1.165, 1.54) is 13.0 Å². The lowest BCUT2D eigenvalue weighted by atomic mass is 10.2. The van der Waals surface area contributed by atoms with Crippen LogP contribution in [0.5, 0.6) is 5.75 Å². The van der Waals surface area contributed by atoms with Crippen LogP contribution in [0.4, 0.5) is 18.9 Å². The van der Waals surface area contributed by atoms with Crippen LogP contribution < -0.4 is 10.1 Å². The SMILES string of the molecule is CC(=O)CC(=O)Nc1ccc(OC(F)F)c(F)c1. The Balaban J connectivity index is 2.72. The van der Waals surface area contributed by atoms with Crippen LogP contribution in [0.2, 0.25) is 0 Å². The molecule has 1 N–H and O–H groups in total. The van der Waals surface area contributed by atoms with Gasteiger partial charge in [0, 0.05) is 11.8 Å². The van der Waals surface area contributed by atoms with Crippen LogP contribution in [0.15, 0.2) is 18.2 Å². The number of carbonyl (C=O) groups excluding carboxylic acids is 2. The number of nitrogens with one attached hydrogen (secondary N) is 1. The molecular formula is C11H10F3NO3. The van der Waals surface area contributed by atoms with E-state index in [0.29, 0.717) is 0 Å². The highest BCUT2D eigenvalue weighted by molar-refractivity contribution is 6.03. The fourth-order valence-corrected chi connectivity index (χ4v) is 1.20. The zero-order chi connectivity index (χ0) is 13.7. The molecule has 0 bridgehead atoms. The van der Waals surface area contributed by atoms with Crippen molar-refractivity contribution in [3.63, 3.8) is 0 Å². The molecule has 0 heterocycles. The number of hydrogen-bond donors (Lipinski definition) is 1. The molecule has 0 saturated heterocycles. The Morgan fingerprint density at radius 1 is 1.39 bits per heavy atom. The van der Waals surface area contributed by atoms with Gasteiger partial charge in [-0.2, -0.15) is 8.78 Å². The van der Waals surface area contributed by atoms with Gasteiger partial charge in [-0.15, -0.1) is 0 Å². The second-order valence-corrected chi connectivity index (χ2v) is 3.45. The summed E-state index contributed by atoms with van der Waals surface area (Å²) in [6.45, 7) is -1.89. The van der Waals surface area contributed by atoms with Crippen LogP contribution in [-0.4, -0.2) is 18.3 Å². The summed E-state index contributed by atoms with van der Waals surface area (Å²) >= 11 is 0. The van der Waals surface area contributed by atoms with E-state index < -0.39 is 24.1 Å². The summed E-state index contributed by atoms with van der Waals surface area (Å²) in [6, 6.07) is 2.99. The van der Waals surface area contributed by atoms with Crippen LogP contribution in [0, 0.1) is 5.82 Å². The number of halogens is 3. The van der Waals surface area contributed by atoms with Crippen LogP contribution in [0.25, 0.3) is 0 Å². The molecule has 0 saturated carbocycles. The molecule has 1 rings (SSSR count). The summed E-state index contributed by atoms with van der Waals surface area (Å²) in [5.74, 6) is -2.60. The van der Waals surface area contributed by atoms with Crippen LogP contribution in [0.3, 0.4) is 0 Å². The van der Waals surface area contributed by atoms with Gasteiger partial charge >= 0.3 is 6.61 Å². The molecule has 1 aromatic carbocycles. The van der Waals surface area contributed by atoms with Crippen molar-refractivity contribution in [3.05, 3.63) is 24.0 Å². The van der Waals surface area contributed by atoms with Gasteiger partial charge in [-0.1, -0.05) is 0 Å². The lowest BCUT2D eigenvalue weighted by Crippen LogP contribution is -2.15. The van der Waals surface area contributed by atoms with E-state index >= 15 is 0 Å². The molecule has 0 aliphatic heterocycles. The molecular weight excluding hydrogens is 251 g/mol. The zero-order valence-electron chi connectivity index (χ0n) is 9.38. The number of alkyl halides is 2. The van der Waals surface area contributed by atoms with Crippen LogP contribution in [0.1, 0.15) is 13.3 Å². The first-order valence-electron chi connectivity index (χ1n) is 4.92. The van der Waals surface area contributed by atoms with Crippen molar-refractivity contribution >= 4 is 17.4 Å². The fourth-order valence-electron chi connectivity index (χ4n) is 1.20. The number of amides is 1. The van der Waals surface area contributed by atoms with E-state index in [4.69, 9.17) is 0 Å². The van der Waals surface area contributed by atoms with Gasteiger partial charge < -0.3 is 10.1 Å². The Labute approximate surface area is 101 Å². The summed E-state index contributed by atoms with van der Waals surface area (Å²) in [4.78, 5) is 21.8. The van der Waals surface area contributed by atoms with E-state index in [1.54, 1.807) is 0 Å². The smallest absolute Gasteiger partial charge is 0.387 e. The normalized spacial score (nSPS) is 10.3. The molecule has 0 spiro atoms. The average molecular weight is 261 g/mol. The maximum absolute atomic E-state index is 13.2.